The summed E-state index contributed by atoms with van der Waals surface area (Å²) in [5, 5.41) is 3.33. The molecule has 1 aliphatic rings. The van der Waals surface area contributed by atoms with Crippen molar-refractivity contribution in [3.8, 4) is 5.69 Å². The van der Waals surface area contributed by atoms with Gasteiger partial charge in [-0.25, -0.2) is 0 Å². The Balaban J connectivity index is 1.93. The summed E-state index contributed by atoms with van der Waals surface area (Å²) in [6.07, 6.45) is 1.92. The Kier molecular flexibility index (Phi) is 2.48. The first kappa shape index (κ1) is 13.1. The third-order valence-electron chi connectivity index (χ3n) is 4.35. The lowest BCUT2D eigenvalue weighted by molar-refractivity contribution is -0.592. The molecule has 0 atom stereocenters. The van der Waals surface area contributed by atoms with Gasteiger partial charge in [0.2, 0.25) is 5.69 Å². The lowest BCUT2D eigenvalue weighted by Crippen LogP contribution is -2.32. The highest BCUT2D eigenvalue weighted by Gasteiger charge is 2.38. The molecule has 23 heavy (non-hydrogen) atoms. The molecule has 3 heterocycles. The molecule has 4 aromatic rings. The molecule has 110 valence electrons. The second-order valence-electron chi connectivity index (χ2n) is 5.63. The largest absolute Gasteiger partial charge is 0.349 e. The van der Waals surface area contributed by atoms with Crippen LogP contribution < -0.4 is 4.57 Å². The zero-order chi connectivity index (χ0) is 15.7. The number of pyridine rings is 1. The number of aromatic nitrogens is 2. The molecule has 1 aliphatic heterocycles. The van der Waals surface area contributed by atoms with Crippen molar-refractivity contribution in [3.63, 3.8) is 0 Å². The van der Waals surface area contributed by atoms with Crippen molar-refractivity contribution in [2.24, 2.45) is 0 Å². The molecule has 3 nitrogen and oxygen atoms in total. The van der Waals surface area contributed by atoms with Crippen molar-refractivity contribution in [3.05, 3.63) is 70.0 Å². The van der Waals surface area contributed by atoms with E-state index < -0.39 is 0 Å². The van der Waals surface area contributed by atoms with Crippen molar-refractivity contribution in [2.75, 3.05) is 0 Å². The van der Waals surface area contributed by atoms with Gasteiger partial charge in [-0.05, 0) is 24.3 Å². The molecular weight excluding hydrogens is 331 g/mol. The minimum atomic E-state index is -0.0000743. The highest BCUT2D eigenvalue weighted by atomic mass is 35.5. The smallest absolute Gasteiger partial charge is 0.284 e. The number of benzene rings is 2. The van der Waals surface area contributed by atoms with Crippen LogP contribution in [0.25, 0.3) is 27.5 Å². The summed E-state index contributed by atoms with van der Waals surface area (Å²) in [7, 11) is 0. The second kappa shape index (κ2) is 4.34. The van der Waals surface area contributed by atoms with E-state index in [4.69, 9.17) is 23.2 Å². The first-order valence-corrected chi connectivity index (χ1v) is 7.89. The van der Waals surface area contributed by atoms with E-state index in [9.17, 15) is 4.79 Å². The number of H-pyrrole nitrogens is 1. The van der Waals surface area contributed by atoms with Gasteiger partial charge in [0.15, 0.2) is 6.20 Å². The first-order chi connectivity index (χ1) is 11.1. The molecule has 0 spiro atoms. The van der Waals surface area contributed by atoms with Gasteiger partial charge in [-0.15, -0.1) is 0 Å². The molecule has 2 aromatic carbocycles. The van der Waals surface area contributed by atoms with E-state index >= 15 is 0 Å². The molecular formula is C18H9Cl2N2O+. The maximum atomic E-state index is 12.8. The van der Waals surface area contributed by atoms with Crippen molar-refractivity contribution < 1.29 is 9.36 Å². The van der Waals surface area contributed by atoms with E-state index in [2.05, 4.69) is 4.98 Å². The number of hydrogen-bond donors (Lipinski definition) is 1. The molecule has 5 heteroatoms. The van der Waals surface area contributed by atoms with Crippen molar-refractivity contribution in [1.29, 1.82) is 0 Å². The van der Waals surface area contributed by atoms with Crippen LogP contribution in [0.2, 0.25) is 10.0 Å². The lowest BCUT2D eigenvalue weighted by atomic mass is 10.1. The summed E-state index contributed by atoms with van der Waals surface area (Å²) in [6.45, 7) is 0. The standard InChI is InChI=1S/C18H8Cl2N2O/c19-9-1-3-11-12-5-6-22-15-8-10(20)2-4-13(15)18(23)17(22)16(12)21-14(11)7-9/h1-8H/p+1. The fraction of sp³-hybridized carbons (Fsp3) is 0. The molecule has 0 radical (unpaired) electrons. The highest BCUT2D eigenvalue weighted by Crippen LogP contribution is 2.32. The number of hydrogen-bond acceptors (Lipinski definition) is 1. The summed E-state index contributed by atoms with van der Waals surface area (Å²) in [5.74, 6) is -0.0000743. The van der Waals surface area contributed by atoms with Gasteiger partial charge in [0.25, 0.3) is 11.5 Å². The Bertz CT molecular complexity index is 1160. The minimum absolute atomic E-state index is 0.0000743. The molecule has 0 fully saturated rings. The van der Waals surface area contributed by atoms with Crippen molar-refractivity contribution in [2.45, 2.75) is 0 Å². The highest BCUT2D eigenvalue weighted by molar-refractivity contribution is 6.32. The molecule has 0 aliphatic carbocycles. The van der Waals surface area contributed by atoms with E-state index in [1.165, 1.54) is 0 Å². The number of rotatable bonds is 0. The maximum absolute atomic E-state index is 12.8. The van der Waals surface area contributed by atoms with E-state index in [0.29, 0.717) is 21.3 Å². The van der Waals surface area contributed by atoms with Crippen LogP contribution in [0.5, 0.6) is 0 Å². The number of aromatic amines is 1. The van der Waals surface area contributed by atoms with Crippen LogP contribution in [0.1, 0.15) is 16.1 Å². The fourth-order valence-electron chi connectivity index (χ4n) is 3.34. The van der Waals surface area contributed by atoms with E-state index in [-0.39, 0.29) is 5.78 Å². The third-order valence-corrected chi connectivity index (χ3v) is 4.82. The number of nitrogens with zero attached hydrogens (tertiary/aromatic N) is 1. The van der Waals surface area contributed by atoms with Crippen LogP contribution in [0.3, 0.4) is 0 Å². The Labute approximate surface area is 141 Å². The van der Waals surface area contributed by atoms with Gasteiger partial charge in [-0.1, -0.05) is 29.3 Å². The summed E-state index contributed by atoms with van der Waals surface area (Å²) in [5.41, 5.74) is 3.85. The summed E-state index contributed by atoms with van der Waals surface area (Å²) in [4.78, 5) is 16.2. The zero-order valence-electron chi connectivity index (χ0n) is 11.7. The number of ketones is 1. The molecule has 0 amide bonds. The zero-order valence-corrected chi connectivity index (χ0v) is 13.2. The molecule has 0 saturated heterocycles. The predicted molar refractivity (Wildman–Crippen MR) is 90.8 cm³/mol. The topological polar surface area (TPSA) is 36.7 Å². The van der Waals surface area contributed by atoms with E-state index in [1.54, 1.807) is 12.1 Å². The van der Waals surface area contributed by atoms with Crippen molar-refractivity contribution >= 4 is 50.8 Å². The molecule has 5 rings (SSSR count). The van der Waals surface area contributed by atoms with Crippen LogP contribution >= 0.6 is 23.2 Å². The monoisotopic (exact) mass is 339 g/mol. The Morgan fingerprint density at radius 1 is 0.913 bits per heavy atom. The van der Waals surface area contributed by atoms with Crippen LogP contribution in [-0.4, -0.2) is 10.8 Å². The van der Waals surface area contributed by atoms with Gasteiger partial charge in [0.05, 0.1) is 0 Å². The van der Waals surface area contributed by atoms with E-state index in [1.807, 2.05) is 41.1 Å². The van der Waals surface area contributed by atoms with Crippen LogP contribution in [0, 0.1) is 0 Å². The minimum Gasteiger partial charge on any atom is -0.349 e. The Hall–Kier alpha value is -2.36. The van der Waals surface area contributed by atoms with Gasteiger partial charge in [0.1, 0.15) is 11.1 Å². The summed E-state index contributed by atoms with van der Waals surface area (Å²) in [6, 6.07) is 13.0. The van der Waals surface area contributed by atoms with Gasteiger partial charge < -0.3 is 4.98 Å². The Morgan fingerprint density at radius 2 is 1.70 bits per heavy atom. The lowest BCUT2D eigenvalue weighted by Gasteiger charge is -1.95. The molecule has 0 bridgehead atoms. The number of carbonyl (C=O) groups is 1. The molecule has 1 N–H and O–H groups in total. The Morgan fingerprint density at radius 3 is 2.57 bits per heavy atom. The average Bonchev–Trinajstić information content (AvgIpc) is 3.02. The summed E-state index contributed by atoms with van der Waals surface area (Å²) >= 11 is 12.2. The normalized spacial score (nSPS) is 12.9. The van der Waals surface area contributed by atoms with Gasteiger partial charge in [-0.2, -0.15) is 4.57 Å². The quantitative estimate of drug-likeness (QED) is 0.416. The predicted octanol–water partition coefficient (Wildman–Crippen LogP) is 4.45. The molecule has 2 aromatic heterocycles. The summed E-state index contributed by atoms with van der Waals surface area (Å²) < 4.78 is 1.89. The second-order valence-corrected chi connectivity index (χ2v) is 6.50. The number of halogens is 2. The maximum Gasteiger partial charge on any atom is 0.284 e. The van der Waals surface area contributed by atoms with Gasteiger partial charge in [0, 0.05) is 38.5 Å². The van der Waals surface area contributed by atoms with Crippen LogP contribution in [0.15, 0.2) is 48.7 Å². The van der Waals surface area contributed by atoms with Gasteiger partial charge in [-0.3, -0.25) is 4.79 Å². The van der Waals surface area contributed by atoms with Crippen LogP contribution in [0.4, 0.5) is 0 Å². The number of nitrogens with one attached hydrogen (secondary N) is 1. The molecule has 0 unspecified atom stereocenters. The van der Waals surface area contributed by atoms with Crippen LogP contribution in [-0.2, 0) is 0 Å². The third kappa shape index (κ3) is 1.66. The number of fused-ring (bicyclic) bond motifs is 7. The SMILES string of the molecule is O=C1c2ccc(Cl)cc2-[n+]2ccc3c([nH]c4cc(Cl)ccc43)c21. The number of carbonyl (C=O) groups excluding carboxylic acids is 1. The molecule has 0 saturated carbocycles. The first-order valence-electron chi connectivity index (χ1n) is 7.14. The van der Waals surface area contributed by atoms with Crippen molar-refractivity contribution in [1.82, 2.24) is 4.98 Å². The average molecular weight is 340 g/mol. The fourth-order valence-corrected chi connectivity index (χ4v) is 3.68. The van der Waals surface area contributed by atoms with Gasteiger partial charge >= 0.3 is 0 Å². The van der Waals surface area contributed by atoms with E-state index in [0.717, 1.165) is 27.5 Å².